The number of hydrogen-bond donors (Lipinski definition) is 0. The van der Waals surface area contributed by atoms with E-state index in [0.717, 1.165) is 0 Å². The van der Waals surface area contributed by atoms with Crippen molar-refractivity contribution in [2.45, 2.75) is 19.4 Å². The summed E-state index contributed by atoms with van der Waals surface area (Å²) in [6, 6.07) is 4.65. The third kappa shape index (κ3) is 2.55. The van der Waals surface area contributed by atoms with Crippen LogP contribution in [-0.4, -0.2) is 35.5 Å². The molecular weight excluding hydrogens is 289 g/mol. The number of amides is 1. The van der Waals surface area contributed by atoms with E-state index in [1.807, 2.05) is 0 Å². The molecule has 1 heterocycles. The highest BCUT2D eigenvalue weighted by Gasteiger charge is 2.42. The van der Waals surface area contributed by atoms with Gasteiger partial charge in [0.1, 0.15) is 12.1 Å². The lowest BCUT2D eigenvalue weighted by Crippen LogP contribution is -2.58. The van der Waals surface area contributed by atoms with Crippen LogP contribution in [0.2, 0.25) is 10.0 Å². The van der Waals surface area contributed by atoms with E-state index in [0.29, 0.717) is 22.2 Å². The lowest BCUT2D eigenvalue weighted by atomic mass is 10.00. The number of rotatable bonds is 1. The Kier molecular flexibility index (Phi) is 3.74. The topological polar surface area (TPSA) is 46.6 Å². The van der Waals surface area contributed by atoms with Crippen LogP contribution < -0.4 is 0 Å². The molecule has 0 atom stereocenters. The highest BCUT2D eigenvalue weighted by atomic mass is 35.5. The first-order chi connectivity index (χ1) is 8.84. The Hall–Kier alpha value is -1.26. The average Bonchev–Trinajstić information content (AvgIpc) is 2.35. The third-order valence-electron chi connectivity index (χ3n) is 3.13. The van der Waals surface area contributed by atoms with Crippen LogP contribution in [0.15, 0.2) is 18.2 Å². The van der Waals surface area contributed by atoms with E-state index in [9.17, 15) is 9.59 Å². The zero-order chi connectivity index (χ0) is 14.2. The number of morpholine rings is 1. The molecule has 0 aliphatic carbocycles. The summed E-state index contributed by atoms with van der Waals surface area (Å²) in [4.78, 5) is 25.6. The molecule has 1 aromatic rings. The fraction of sp³-hybridized carbons (Fsp3) is 0.385. The second-order valence-electron chi connectivity index (χ2n) is 4.78. The van der Waals surface area contributed by atoms with E-state index in [1.54, 1.807) is 26.0 Å². The first-order valence-corrected chi connectivity index (χ1v) is 6.54. The number of halogens is 2. The molecule has 0 bridgehead atoms. The highest BCUT2D eigenvalue weighted by Crippen LogP contribution is 2.26. The summed E-state index contributed by atoms with van der Waals surface area (Å²) in [5.74, 6) is -0.674. The van der Waals surface area contributed by atoms with Crippen LogP contribution in [0.5, 0.6) is 0 Å². The third-order valence-corrected chi connectivity index (χ3v) is 3.87. The number of esters is 1. The van der Waals surface area contributed by atoms with Crippen LogP contribution in [0.1, 0.15) is 24.2 Å². The summed E-state index contributed by atoms with van der Waals surface area (Å²) in [6.45, 7) is 3.88. The lowest BCUT2D eigenvalue weighted by Gasteiger charge is -2.40. The van der Waals surface area contributed by atoms with Crippen LogP contribution >= 0.6 is 23.2 Å². The van der Waals surface area contributed by atoms with Crippen molar-refractivity contribution in [2.24, 2.45) is 0 Å². The van der Waals surface area contributed by atoms with E-state index in [-0.39, 0.29) is 12.5 Å². The molecule has 1 amide bonds. The number of benzene rings is 1. The van der Waals surface area contributed by atoms with Crippen LogP contribution in [0, 0.1) is 0 Å². The van der Waals surface area contributed by atoms with Crippen LogP contribution in [0.4, 0.5) is 0 Å². The first kappa shape index (κ1) is 14.2. The van der Waals surface area contributed by atoms with Gasteiger partial charge in [-0.3, -0.25) is 4.79 Å². The van der Waals surface area contributed by atoms with E-state index in [2.05, 4.69) is 0 Å². The quantitative estimate of drug-likeness (QED) is 0.749. The maximum absolute atomic E-state index is 12.4. The van der Waals surface area contributed by atoms with Crippen molar-refractivity contribution in [3.8, 4) is 0 Å². The zero-order valence-electron chi connectivity index (χ0n) is 10.6. The van der Waals surface area contributed by atoms with E-state index >= 15 is 0 Å². The van der Waals surface area contributed by atoms with Gasteiger partial charge in [0.2, 0.25) is 0 Å². The maximum atomic E-state index is 12.4. The molecule has 0 aromatic heterocycles. The Morgan fingerprint density at radius 1 is 1.32 bits per heavy atom. The first-order valence-electron chi connectivity index (χ1n) is 5.78. The van der Waals surface area contributed by atoms with Gasteiger partial charge in [-0.2, -0.15) is 0 Å². The molecule has 0 N–H and O–H groups in total. The SMILES string of the molecule is CC1(C)C(=O)OCCN1C(=O)c1ccc(Cl)c(Cl)c1. The van der Waals surface area contributed by atoms with Gasteiger partial charge in [0, 0.05) is 5.56 Å². The van der Waals surface area contributed by atoms with Crippen molar-refractivity contribution in [3.05, 3.63) is 33.8 Å². The minimum absolute atomic E-state index is 0.204. The number of cyclic esters (lactones) is 1. The maximum Gasteiger partial charge on any atom is 0.331 e. The van der Waals surface area contributed by atoms with Gasteiger partial charge in [-0.05, 0) is 32.0 Å². The summed E-state index contributed by atoms with van der Waals surface area (Å²) < 4.78 is 4.97. The van der Waals surface area contributed by atoms with Gasteiger partial charge >= 0.3 is 5.97 Å². The Balaban J connectivity index is 2.32. The molecule has 1 aliphatic rings. The fourth-order valence-corrected chi connectivity index (χ4v) is 2.23. The monoisotopic (exact) mass is 301 g/mol. The number of hydrogen-bond acceptors (Lipinski definition) is 3. The van der Waals surface area contributed by atoms with Crippen LogP contribution in [0.25, 0.3) is 0 Å². The molecule has 19 heavy (non-hydrogen) atoms. The van der Waals surface area contributed by atoms with Crippen molar-refractivity contribution in [3.63, 3.8) is 0 Å². The van der Waals surface area contributed by atoms with Crippen molar-refractivity contribution in [1.29, 1.82) is 0 Å². The molecule has 102 valence electrons. The summed E-state index contributed by atoms with van der Waals surface area (Å²) in [5.41, 5.74) is -0.585. The Morgan fingerprint density at radius 2 is 2.00 bits per heavy atom. The zero-order valence-corrected chi connectivity index (χ0v) is 12.1. The standard InChI is InChI=1S/C13H13Cl2NO3/c1-13(2)12(18)19-6-5-16(13)11(17)8-3-4-9(14)10(15)7-8/h3-4,7H,5-6H2,1-2H3. The van der Waals surface area contributed by atoms with E-state index in [1.165, 1.54) is 11.0 Å². The van der Waals surface area contributed by atoms with Crippen molar-refractivity contribution >= 4 is 35.1 Å². The van der Waals surface area contributed by atoms with Crippen LogP contribution in [0.3, 0.4) is 0 Å². The number of carbonyl (C=O) groups excluding carboxylic acids is 2. The molecule has 4 nitrogen and oxygen atoms in total. The van der Waals surface area contributed by atoms with Crippen molar-refractivity contribution in [2.75, 3.05) is 13.2 Å². The molecule has 6 heteroatoms. The lowest BCUT2D eigenvalue weighted by molar-refractivity contribution is -0.162. The Bertz CT molecular complexity index is 543. The minimum Gasteiger partial charge on any atom is -0.462 e. The number of nitrogens with zero attached hydrogens (tertiary/aromatic N) is 1. The predicted octanol–water partition coefficient (Wildman–Crippen LogP) is 2.77. The fourth-order valence-electron chi connectivity index (χ4n) is 1.94. The van der Waals surface area contributed by atoms with Gasteiger partial charge < -0.3 is 9.64 Å². The molecule has 0 saturated carbocycles. The second kappa shape index (κ2) is 5.02. The van der Waals surface area contributed by atoms with Gasteiger partial charge in [-0.1, -0.05) is 23.2 Å². The summed E-state index contributed by atoms with van der Waals surface area (Å²) >= 11 is 11.7. The second-order valence-corrected chi connectivity index (χ2v) is 5.60. The molecule has 1 aromatic carbocycles. The van der Waals surface area contributed by atoms with E-state index < -0.39 is 11.5 Å². The van der Waals surface area contributed by atoms with Gasteiger partial charge in [0.15, 0.2) is 0 Å². The Labute approximate surface area is 121 Å². The predicted molar refractivity (Wildman–Crippen MR) is 72.5 cm³/mol. The van der Waals surface area contributed by atoms with Gasteiger partial charge in [-0.25, -0.2) is 4.79 Å². The van der Waals surface area contributed by atoms with Crippen molar-refractivity contribution in [1.82, 2.24) is 4.90 Å². The molecule has 1 fully saturated rings. The number of ether oxygens (including phenoxy) is 1. The summed E-state index contributed by atoms with van der Waals surface area (Å²) in [5, 5.41) is 0.695. The van der Waals surface area contributed by atoms with Crippen molar-refractivity contribution < 1.29 is 14.3 Å². The van der Waals surface area contributed by atoms with Gasteiger partial charge in [-0.15, -0.1) is 0 Å². The summed E-state index contributed by atoms with van der Waals surface area (Å²) in [6.07, 6.45) is 0. The molecule has 1 saturated heterocycles. The summed E-state index contributed by atoms with van der Waals surface area (Å²) in [7, 11) is 0. The smallest absolute Gasteiger partial charge is 0.331 e. The molecule has 0 spiro atoms. The molecule has 0 radical (unpaired) electrons. The highest BCUT2D eigenvalue weighted by molar-refractivity contribution is 6.42. The number of carbonyl (C=O) groups is 2. The molecule has 2 rings (SSSR count). The average molecular weight is 302 g/mol. The molecule has 1 aliphatic heterocycles. The van der Waals surface area contributed by atoms with Gasteiger partial charge in [0.05, 0.1) is 16.6 Å². The van der Waals surface area contributed by atoms with Gasteiger partial charge in [0.25, 0.3) is 5.91 Å². The molecular formula is C13H13Cl2NO3. The van der Waals surface area contributed by atoms with E-state index in [4.69, 9.17) is 27.9 Å². The van der Waals surface area contributed by atoms with Crippen LogP contribution in [-0.2, 0) is 9.53 Å². The molecule has 0 unspecified atom stereocenters. The normalized spacial score (nSPS) is 18.1. The Morgan fingerprint density at radius 3 is 2.63 bits per heavy atom. The largest absolute Gasteiger partial charge is 0.462 e. The minimum atomic E-state index is -0.985.